The maximum absolute atomic E-state index is 11.9. The first-order chi connectivity index (χ1) is 7.81. The van der Waals surface area contributed by atoms with Gasteiger partial charge >= 0.3 is 0 Å². The Bertz CT molecular complexity index is 350. The van der Waals surface area contributed by atoms with Crippen LogP contribution >= 0.6 is 0 Å². The lowest BCUT2D eigenvalue weighted by atomic mass is 10.1. The molecular formula is C13H17NO2. The summed E-state index contributed by atoms with van der Waals surface area (Å²) in [5.41, 5.74) is 1.19. The molecule has 1 aliphatic rings. The second-order valence-electron chi connectivity index (χ2n) is 4.19. The molecule has 1 fully saturated rings. The molecule has 0 N–H and O–H groups in total. The van der Waals surface area contributed by atoms with Gasteiger partial charge in [0.25, 0.3) is 0 Å². The van der Waals surface area contributed by atoms with E-state index in [0.717, 1.165) is 19.5 Å². The minimum absolute atomic E-state index is 0.0636. The Morgan fingerprint density at radius 1 is 1.38 bits per heavy atom. The van der Waals surface area contributed by atoms with Gasteiger partial charge in [-0.05, 0) is 12.0 Å². The van der Waals surface area contributed by atoms with E-state index in [1.54, 1.807) is 7.11 Å². The van der Waals surface area contributed by atoms with Gasteiger partial charge in [-0.3, -0.25) is 4.79 Å². The largest absolute Gasteiger partial charge is 0.384 e. The van der Waals surface area contributed by atoms with Gasteiger partial charge in [-0.25, -0.2) is 0 Å². The van der Waals surface area contributed by atoms with Crippen LogP contribution in [-0.4, -0.2) is 31.1 Å². The number of carbonyl (C=O) groups is 1. The zero-order chi connectivity index (χ0) is 11.4. The van der Waals surface area contributed by atoms with Crippen LogP contribution in [0.3, 0.4) is 0 Å². The predicted octanol–water partition coefficient (Wildman–Crippen LogP) is 1.68. The van der Waals surface area contributed by atoms with Gasteiger partial charge in [0, 0.05) is 20.2 Å². The summed E-state index contributed by atoms with van der Waals surface area (Å²) in [7, 11) is 1.65. The van der Waals surface area contributed by atoms with Crippen LogP contribution in [0.4, 0.5) is 0 Å². The van der Waals surface area contributed by atoms with E-state index < -0.39 is 0 Å². The van der Waals surface area contributed by atoms with Crippen LogP contribution in [0.25, 0.3) is 0 Å². The van der Waals surface area contributed by atoms with Crippen molar-refractivity contribution in [3.05, 3.63) is 35.9 Å². The minimum atomic E-state index is 0.0636. The molecule has 0 radical (unpaired) electrons. The Balaban J connectivity index is 1.95. The maximum Gasteiger partial charge on any atom is 0.228 e. The number of hydrogen-bond donors (Lipinski definition) is 0. The van der Waals surface area contributed by atoms with Crippen LogP contribution in [0, 0.1) is 5.92 Å². The number of carbonyl (C=O) groups excluding carboxylic acids is 1. The topological polar surface area (TPSA) is 29.5 Å². The minimum Gasteiger partial charge on any atom is -0.384 e. The van der Waals surface area contributed by atoms with Gasteiger partial charge in [-0.15, -0.1) is 0 Å². The first-order valence-corrected chi connectivity index (χ1v) is 5.63. The fraction of sp³-hybridized carbons (Fsp3) is 0.462. The number of amides is 1. The van der Waals surface area contributed by atoms with Crippen molar-refractivity contribution >= 4 is 5.91 Å². The average molecular weight is 219 g/mol. The lowest BCUT2D eigenvalue weighted by Crippen LogP contribution is -2.28. The quantitative estimate of drug-likeness (QED) is 0.771. The van der Waals surface area contributed by atoms with Gasteiger partial charge in [0.15, 0.2) is 0 Å². The monoisotopic (exact) mass is 219 g/mol. The van der Waals surface area contributed by atoms with Crippen molar-refractivity contribution in [2.24, 2.45) is 5.92 Å². The van der Waals surface area contributed by atoms with Crippen molar-refractivity contribution in [1.82, 2.24) is 4.90 Å². The molecule has 1 heterocycles. The van der Waals surface area contributed by atoms with Gasteiger partial charge < -0.3 is 9.64 Å². The van der Waals surface area contributed by atoms with Crippen LogP contribution in [0.2, 0.25) is 0 Å². The van der Waals surface area contributed by atoms with Crippen LogP contribution in [0.5, 0.6) is 0 Å². The van der Waals surface area contributed by atoms with Crippen molar-refractivity contribution in [1.29, 1.82) is 0 Å². The van der Waals surface area contributed by atoms with Crippen molar-refractivity contribution in [2.75, 3.05) is 20.3 Å². The smallest absolute Gasteiger partial charge is 0.228 e. The molecule has 1 atom stereocenters. The molecule has 0 spiro atoms. The van der Waals surface area contributed by atoms with E-state index in [4.69, 9.17) is 4.74 Å². The summed E-state index contributed by atoms with van der Waals surface area (Å²) in [6.07, 6.45) is 0.916. The standard InChI is InChI=1S/C13H17NO2/c1-16-10-12-7-8-14(13(12)15)9-11-5-3-2-4-6-11/h2-6,12H,7-10H2,1H3. The summed E-state index contributed by atoms with van der Waals surface area (Å²) in [6, 6.07) is 10.1. The first-order valence-electron chi connectivity index (χ1n) is 5.63. The molecule has 1 amide bonds. The maximum atomic E-state index is 11.9. The Morgan fingerprint density at radius 2 is 2.12 bits per heavy atom. The Kier molecular flexibility index (Phi) is 3.57. The second kappa shape index (κ2) is 5.12. The predicted molar refractivity (Wildman–Crippen MR) is 61.8 cm³/mol. The van der Waals surface area contributed by atoms with Crippen LogP contribution in [0.1, 0.15) is 12.0 Å². The van der Waals surface area contributed by atoms with E-state index in [1.807, 2.05) is 23.1 Å². The lowest BCUT2D eigenvalue weighted by molar-refractivity contribution is -0.132. The molecule has 2 rings (SSSR count). The first kappa shape index (κ1) is 11.1. The molecule has 0 aliphatic carbocycles. The van der Waals surface area contributed by atoms with E-state index in [1.165, 1.54) is 5.56 Å². The van der Waals surface area contributed by atoms with E-state index >= 15 is 0 Å². The number of ether oxygens (including phenoxy) is 1. The molecule has 0 saturated carbocycles. The molecule has 1 aromatic carbocycles. The molecule has 3 nitrogen and oxygen atoms in total. The van der Waals surface area contributed by atoms with E-state index in [2.05, 4.69) is 12.1 Å². The van der Waals surface area contributed by atoms with Crippen LogP contribution < -0.4 is 0 Å². The summed E-state index contributed by atoms with van der Waals surface area (Å²) in [5, 5.41) is 0. The molecule has 1 aromatic rings. The third-order valence-corrected chi connectivity index (χ3v) is 2.99. The van der Waals surface area contributed by atoms with Crippen molar-refractivity contribution in [3.8, 4) is 0 Å². The fourth-order valence-electron chi connectivity index (χ4n) is 2.12. The molecule has 16 heavy (non-hydrogen) atoms. The van der Waals surface area contributed by atoms with Gasteiger partial charge in [0.2, 0.25) is 5.91 Å². The Labute approximate surface area is 96.0 Å². The summed E-state index contributed by atoms with van der Waals surface area (Å²) >= 11 is 0. The number of rotatable bonds is 4. The normalized spacial score (nSPS) is 20.4. The molecule has 0 aromatic heterocycles. The van der Waals surface area contributed by atoms with Crippen LogP contribution in [-0.2, 0) is 16.1 Å². The second-order valence-corrected chi connectivity index (χ2v) is 4.19. The molecule has 1 aliphatic heterocycles. The highest BCUT2D eigenvalue weighted by Crippen LogP contribution is 2.20. The summed E-state index contributed by atoms with van der Waals surface area (Å²) in [6.45, 7) is 2.12. The van der Waals surface area contributed by atoms with E-state index in [0.29, 0.717) is 6.61 Å². The molecular weight excluding hydrogens is 202 g/mol. The zero-order valence-corrected chi connectivity index (χ0v) is 9.56. The van der Waals surface area contributed by atoms with E-state index in [9.17, 15) is 4.79 Å². The van der Waals surface area contributed by atoms with Gasteiger partial charge in [0.1, 0.15) is 0 Å². The highest BCUT2D eigenvalue weighted by atomic mass is 16.5. The highest BCUT2D eigenvalue weighted by Gasteiger charge is 2.31. The van der Waals surface area contributed by atoms with E-state index in [-0.39, 0.29) is 11.8 Å². The van der Waals surface area contributed by atoms with Crippen molar-refractivity contribution in [3.63, 3.8) is 0 Å². The summed E-state index contributed by atoms with van der Waals surface area (Å²) < 4.78 is 5.05. The zero-order valence-electron chi connectivity index (χ0n) is 9.56. The average Bonchev–Trinajstić information content (AvgIpc) is 2.64. The van der Waals surface area contributed by atoms with Crippen molar-refractivity contribution in [2.45, 2.75) is 13.0 Å². The van der Waals surface area contributed by atoms with Crippen molar-refractivity contribution < 1.29 is 9.53 Å². The number of methoxy groups -OCH3 is 1. The molecule has 86 valence electrons. The molecule has 3 heteroatoms. The van der Waals surface area contributed by atoms with Gasteiger partial charge in [-0.2, -0.15) is 0 Å². The summed E-state index contributed by atoms with van der Waals surface area (Å²) in [5.74, 6) is 0.291. The summed E-state index contributed by atoms with van der Waals surface area (Å²) in [4.78, 5) is 13.9. The SMILES string of the molecule is COCC1CCN(Cc2ccccc2)C1=O. The fourth-order valence-corrected chi connectivity index (χ4v) is 2.12. The molecule has 0 bridgehead atoms. The lowest BCUT2D eigenvalue weighted by Gasteiger charge is -2.16. The third-order valence-electron chi connectivity index (χ3n) is 2.99. The van der Waals surface area contributed by atoms with Gasteiger partial charge in [0.05, 0.1) is 12.5 Å². The number of likely N-dealkylation sites (tertiary alicyclic amines) is 1. The Morgan fingerprint density at radius 3 is 2.81 bits per heavy atom. The number of nitrogens with zero attached hydrogens (tertiary/aromatic N) is 1. The Hall–Kier alpha value is -1.35. The van der Waals surface area contributed by atoms with Crippen LogP contribution in [0.15, 0.2) is 30.3 Å². The number of hydrogen-bond acceptors (Lipinski definition) is 2. The number of benzene rings is 1. The third kappa shape index (κ3) is 2.42. The highest BCUT2D eigenvalue weighted by molar-refractivity contribution is 5.81. The molecule has 1 saturated heterocycles. The van der Waals surface area contributed by atoms with Gasteiger partial charge in [-0.1, -0.05) is 30.3 Å². The molecule has 1 unspecified atom stereocenters.